The zero-order valence-corrected chi connectivity index (χ0v) is 17.4. The number of carboxylic acid groups (broad SMARTS) is 1. The number of alkyl carbamates (subject to hydrolysis) is 1. The van der Waals surface area contributed by atoms with Gasteiger partial charge in [-0.25, -0.2) is 14.4 Å². The lowest BCUT2D eigenvalue weighted by atomic mass is 10.1. The van der Waals surface area contributed by atoms with Crippen LogP contribution < -0.4 is 15.4 Å². The number of benzene rings is 2. The minimum atomic E-state index is -1.23. The second-order valence-corrected chi connectivity index (χ2v) is 6.59. The molecule has 3 N–H and O–H groups in total. The fourth-order valence-corrected chi connectivity index (χ4v) is 2.53. The third kappa shape index (κ3) is 8.74. The van der Waals surface area contributed by atoms with Gasteiger partial charge in [0.05, 0.1) is 7.11 Å². The van der Waals surface area contributed by atoms with Gasteiger partial charge in [-0.05, 0) is 23.3 Å². The van der Waals surface area contributed by atoms with E-state index in [1.807, 2.05) is 6.07 Å². The molecule has 10 nitrogen and oxygen atoms in total. The lowest BCUT2D eigenvalue weighted by Crippen LogP contribution is -2.46. The summed E-state index contributed by atoms with van der Waals surface area (Å²) >= 11 is 0. The first-order valence-corrected chi connectivity index (χ1v) is 9.62. The average molecular weight is 444 g/mol. The van der Waals surface area contributed by atoms with Crippen molar-refractivity contribution in [3.05, 3.63) is 65.7 Å². The van der Waals surface area contributed by atoms with Crippen LogP contribution in [0.15, 0.2) is 54.6 Å². The first kappa shape index (κ1) is 24.2. The Balaban J connectivity index is 1.78. The van der Waals surface area contributed by atoms with Crippen molar-refractivity contribution in [1.29, 1.82) is 0 Å². The number of rotatable bonds is 11. The summed E-state index contributed by atoms with van der Waals surface area (Å²) in [4.78, 5) is 46.4. The fourth-order valence-electron chi connectivity index (χ4n) is 2.53. The minimum absolute atomic E-state index is 0.0107. The van der Waals surface area contributed by atoms with Gasteiger partial charge in [-0.3, -0.25) is 4.79 Å². The van der Waals surface area contributed by atoms with E-state index in [1.165, 1.54) is 7.11 Å². The number of methoxy groups -OCH3 is 1. The molecule has 0 saturated heterocycles. The number of nitrogens with one attached hydrogen (secondary N) is 2. The van der Waals surface area contributed by atoms with Gasteiger partial charge in [0.2, 0.25) is 5.91 Å². The number of carbonyl (C=O) groups excluding carboxylic acids is 3. The van der Waals surface area contributed by atoms with Crippen LogP contribution in [0.5, 0.6) is 5.75 Å². The van der Waals surface area contributed by atoms with Gasteiger partial charge in [-0.15, -0.1) is 0 Å². The van der Waals surface area contributed by atoms with Crippen molar-refractivity contribution < 1.29 is 38.5 Å². The van der Waals surface area contributed by atoms with Crippen molar-refractivity contribution in [2.24, 2.45) is 0 Å². The summed E-state index contributed by atoms with van der Waals surface area (Å²) in [6.45, 7) is -0.631. The Labute approximate surface area is 184 Å². The summed E-state index contributed by atoms with van der Waals surface area (Å²) in [5, 5.41) is 14.0. The predicted octanol–water partition coefficient (Wildman–Crippen LogP) is 1.28. The van der Waals surface area contributed by atoms with Gasteiger partial charge in [-0.1, -0.05) is 42.5 Å². The van der Waals surface area contributed by atoms with E-state index in [-0.39, 0.29) is 19.6 Å². The monoisotopic (exact) mass is 444 g/mol. The van der Waals surface area contributed by atoms with Crippen LogP contribution in [0.2, 0.25) is 0 Å². The van der Waals surface area contributed by atoms with Gasteiger partial charge in [0, 0.05) is 6.42 Å². The van der Waals surface area contributed by atoms with Gasteiger partial charge < -0.3 is 30.0 Å². The molecule has 0 aliphatic carbocycles. The van der Waals surface area contributed by atoms with Gasteiger partial charge >= 0.3 is 18.0 Å². The molecule has 2 aromatic rings. The molecule has 0 fully saturated rings. The SMILES string of the molecule is COC(=O)COc1ccc(CC(NC(=O)CNC(=O)OCc2ccccc2)C(=O)O)cc1. The summed E-state index contributed by atoms with van der Waals surface area (Å²) in [5.74, 6) is -2.02. The number of carboxylic acids is 1. The maximum atomic E-state index is 12.0. The van der Waals surface area contributed by atoms with Crippen LogP contribution in [0.25, 0.3) is 0 Å². The maximum Gasteiger partial charge on any atom is 0.407 e. The Morgan fingerprint density at radius 3 is 2.28 bits per heavy atom. The quantitative estimate of drug-likeness (QED) is 0.440. The van der Waals surface area contributed by atoms with E-state index >= 15 is 0 Å². The van der Waals surface area contributed by atoms with Crippen molar-refractivity contribution in [2.75, 3.05) is 20.3 Å². The van der Waals surface area contributed by atoms with E-state index in [1.54, 1.807) is 48.5 Å². The Morgan fingerprint density at radius 1 is 0.969 bits per heavy atom. The van der Waals surface area contributed by atoms with E-state index in [0.29, 0.717) is 11.3 Å². The third-order valence-electron chi connectivity index (χ3n) is 4.19. The number of hydrogen-bond donors (Lipinski definition) is 3. The normalized spacial score (nSPS) is 11.0. The van der Waals surface area contributed by atoms with Crippen LogP contribution in [0, 0.1) is 0 Å². The highest BCUT2D eigenvalue weighted by Crippen LogP contribution is 2.14. The molecule has 0 bridgehead atoms. The van der Waals surface area contributed by atoms with E-state index < -0.39 is 36.5 Å². The van der Waals surface area contributed by atoms with Crippen molar-refractivity contribution >= 4 is 23.9 Å². The predicted molar refractivity (Wildman–Crippen MR) is 112 cm³/mol. The first-order valence-electron chi connectivity index (χ1n) is 9.62. The van der Waals surface area contributed by atoms with Gasteiger partial charge in [0.1, 0.15) is 24.9 Å². The van der Waals surface area contributed by atoms with Crippen LogP contribution in [-0.4, -0.2) is 55.3 Å². The maximum absolute atomic E-state index is 12.0. The summed E-state index contributed by atoms with van der Waals surface area (Å²) in [6, 6.07) is 14.2. The van der Waals surface area contributed by atoms with Crippen LogP contribution in [0.1, 0.15) is 11.1 Å². The van der Waals surface area contributed by atoms with Crippen molar-refractivity contribution in [1.82, 2.24) is 10.6 Å². The van der Waals surface area contributed by atoms with Crippen molar-refractivity contribution in [2.45, 2.75) is 19.1 Å². The van der Waals surface area contributed by atoms with Gasteiger partial charge in [-0.2, -0.15) is 0 Å². The van der Waals surface area contributed by atoms with Gasteiger partial charge in [0.15, 0.2) is 6.61 Å². The Bertz CT molecular complexity index is 915. The van der Waals surface area contributed by atoms with E-state index in [2.05, 4.69) is 15.4 Å². The molecule has 2 amide bonds. The number of aliphatic carboxylic acids is 1. The topological polar surface area (TPSA) is 140 Å². The molecule has 0 aromatic heterocycles. The van der Waals surface area contributed by atoms with E-state index in [0.717, 1.165) is 5.56 Å². The molecule has 2 aromatic carbocycles. The molecular weight excluding hydrogens is 420 g/mol. The largest absolute Gasteiger partial charge is 0.482 e. The molecule has 170 valence electrons. The molecule has 0 aliphatic rings. The molecule has 1 unspecified atom stereocenters. The van der Waals surface area contributed by atoms with Gasteiger partial charge in [0.25, 0.3) is 0 Å². The van der Waals surface area contributed by atoms with Crippen molar-refractivity contribution in [3.8, 4) is 5.75 Å². The number of hydrogen-bond acceptors (Lipinski definition) is 7. The first-order chi connectivity index (χ1) is 15.4. The zero-order chi connectivity index (χ0) is 23.3. The molecule has 1 atom stereocenters. The smallest absolute Gasteiger partial charge is 0.407 e. The molecule has 0 heterocycles. The molecular formula is C22H24N2O8. The number of carbonyl (C=O) groups is 4. The van der Waals surface area contributed by atoms with E-state index in [4.69, 9.17) is 9.47 Å². The second-order valence-electron chi connectivity index (χ2n) is 6.59. The van der Waals surface area contributed by atoms with E-state index in [9.17, 15) is 24.3 Å². The Hall–Kier alpha value is -4.08. The molecule has 0 aliphatic heterocycles. The fraction of sp³-hybridized carbons (Fsp3) is 0.273. The van der Waals surface area contributed by atoms with Crippen LogP contribution in [0.3, 0.4) is 0 Å². The summed E-state index contributed by atoms with van der Waals surface area (Å²) in [5.41, 5.74) is 1.41. The molecule has 10 heteroatoms. The standard InChI is InChI=1S/C22H24N2O8/c1-30-20(26)14-31-17-9-7-15(8-10-17)11-18(21(27)28)24-19(25)12-23-22(29)32-13-16-5-3-2-4-6-16/h2-10,18H,11-14H2,1H3,(H,23,29)(H,24,25)(H,27,28). The number of amides is 2. The highest BCUT2D eigenvalue weighted by atomic mass is 16.6. The highest BCUT2D eigenvalue weighted by molar-refractivity contribution is 5.86. The summed E-state index contributed by atoms with van der Waals surface area (Å²) in [7, 11) is 1.25. The number of ether oxygens (including phenoxy) is 3. The Kier molecular flexibility index (Phi) is 9.51. The lowest BCUT2D eigenvalue weighted by molar-refractivity contribution is -0.143. The summed E-state index contributed by atoms with van der Waals surface area (Å²) in [6.07, 6.45) is -0.782. The molecule has 0 spiro atoms. The molecule has 0 radical (unpaired) electrons. The van der Waals surface area contributed by atoms with Crippen LogP contribution in [0.4, 0.5) is 4.79 Å². The molecule has 0 saturated carbocycles. The summed E-state index contributed by atoms with van der Waals surface area (Å²) < 4.78 is 14.7. The molecule has 2 rings (SSSR count). The van der Waals surface area contributed by atoms with Crippen LogP contribution >= 0.6 is 0 Å². The average Bonchev–Trinajstić information content (AvgIpc) is 2.80. The molecule has 32 heavy (non-hydrogen) atoms. The van der Waals surface area contributed by atoms with Crippen molar-refractivity contribution in [3.63, 3.8) is 0 Å². The van der Waals surface area contributed by atoms with Crippen LogP contribution in [-0.2, 0) is 36.9 Å². The third-order valence-corrected chi connectivity index (χ3v) is 4.19. The number of esters is 1. The highest BCUT2D eigenvalue weighted by Gasteiger charge is 2.21. The zero-order valence-electron chi connectivity index (χ0n) is 17.4. The Morgan fingerprint density at radius 2 is 1.66 bits per heavy atom. The minimum Gasteiger partial charge on any atom is -0.482 e. The second kappa shape index (κ2) is 12.6. The lowest BCUT2D eigenvalue weighted by Gasteiger charge is -2.15.